The predicted molar refractivity (Wildman–Crippen MR) is 97.5 cm³/mol. The molecule has 1 aliphatic carbocycles. The Kier molecular flexibility index (Phi) is 5.09. The lowest BCUT2D eigenvalue weighted by atomic mass is 9.90. The minimum atomic E-state index is -0.00636. The van der Waals surface area contributed by atoms with Gasteiger partial charge in [-0.15, -0.1) is 0 Å². The molecule has 0 bridgehead atoms. The van der Waals surface area contributed by atoms with E-state index in [9.17, 15) is 4.79 Å². The molecule has 2 fully saturated rings. The van der Waals surface area contributed by atoms with Crippen LogP contribution in [-0.2, 0) is 9.53 Å². The lowest BCUT2D eigenvalue weighted by Crippen LogP contribution is -2.36. The fraction of sp³-hybridized carbons (Fsp3) is 0.571. The van der Waals surface area contributed by atoms with Crippen LogP contribution in [0.15, 0.2) is 36.4 Å². The summed E-state index contributed by atoms with van der Waals surface area (Å²) < 4.78 is 4.93. The number of nitrogens with zero attached hydrogens (tertiary/aromatic N) is 1. The average Bonchev–Trinajstić information content (AvgIpc) is 3.30. The van der Waals surface area contributed by atoms with E-state index >= 15 is 0 Å². The molecule has 3 nitrogen and oxygen atoms in total. The van der Waals surface area contributed by atoms with Crippen LogP contribution in [0.5, 0.6) is 0 Å². The quantitative estimate of drug-likeness (QED) is 0.766. The summed E-state index contributed by atoms with van der Waals surface area (Å²) >= 11 is 0. The van der Waals surface area contributed by atoms with Crippen LogP contribution in [0.2, 0.25) is 0 Å². The second-order valence-electron chi connectivity index (χ2n) is 7.72. The van der Waals surface area contributed by atoms with Gasteiger partial charge in [0.1, 0.15) is 0 Å². The van der Waals surface area contributed by atoms with Crippen LogP contribution in [0.1, 0.15) is 38.7 Å². The number of hydrogen-bond acceptors (Lipinski definition) is 3. The molecule has 130 valence electrons. The molecule has 1 aromatic carbocycles. The van der Waals surface area contributed by atoms with Crippen molar-refractivity contribution in [3.05, 3.63) is 42.0 Å². The van der Waals surface area contributed by atoms with Crippen molar-refractivity contribution in [2.24, 2.45) is 17.3 Å². The summed E-state index contributed by atoms with van der Waals surface area (Å²) in [6.45, 7) is 7.63. The molecule has 1 aromatic rings. The van der Waals surface area contributed by atoms with E-state index in [1.807, 2.05) is 0 Å². The van der Waals surface area contributed by atoms with E-state index in [2.05, 4.69) is 55.2 Å². The molecule has 0 N–H and O–H groups in total. The van der Waals surface area contributed by atoms with Crippen LogP contribution in [0.3, 0.4) is 0 Å². The molecule has 0 radical (unpaired) electrons. The molecule has 1 atom stereocenters. The molecule has 1 aliphatic heterocycles. The third-order valence-corrected chi connectivity index (χ3v) is 5.60. The van der Waals surface area contributed by atoms with Crippen LogP contribution in [0.25, 0.3) is 5.57 Å². The van der Waals surface area contributed by atoms with Gasteiger partial charge in [0.15, 0.2) is 0 Å². The minimum Gasteiger partial charge on any atom is -0.469 e. The Labute approximate surface area is 145 Å². The summed E-state index contributed by atoms with van der Waals surface area (Å²) in [6, 6.07) is 10.7. The Bertz CT molecular complexity index is 598. The van der Waals surface area contributed by atoms with Crippen molar-refractivity contribution in [3.63, 3.8) is 0 Å². The van der Waals surface area contributed by atoms with Crippen LogP contribution in [0, 0.1) is 17.3 Å². The SMILES string of the molecule is COC(=O)C1CC12CCN(CC(=CC(C)C)c1ccccc1)CC2. The van der Waals surface area contributed by atoms with Crippen LogP contribution in [0.4, 0.5) is 0 Å². The second-order valence-corrected chi connectivity index (χ2v) is 7.72. The van der Waals surface area contributed by atoms with Crippen molar-refractivity contribution >= 4 is 11.5 Å². The number of ether oxygens (including phenoxy) is 1. The molecule has 24 heavy (non-hydrogen) atoms. The van der Waals surface area contributed by atoms with E-state index in [-0.39, 0.29) is 17.3 Å². The van der Waals surface area contributed by atoms with E-state index in [4.69, 9.17) is 4.74 Å². The fourth-order valence-electron chi connectivity index (χ4n) is 4.07. The van der Waals surface area contributed by atoms with Crippen molar-refractivity contribution in [1.29, 1.82) is 0 Å². The summed E-state index contributed by atoms with van der Waals surface area (Å²) in [4.78, 5) is 14.3. The number of likely N-dealkylation sites (tertiary alicyclic amines) is 1. The lowest BCUT2D eigenvalue weighted by molar-refractivity contribution is -0.143. The zero-order valence-electron chi connectivity index (χ0n) is 15.1. The smallest absolute Gasteiger partial charge is 0.309 e. The normalized spacial score (nSPS) is 23.5. The Hall–Kier alpha value is -1.61. The first-order valence-electron chi connectivity index (χ1n) is 9.10. The van der Waals surface area contributed by atoms with Gasteiger partial charge in [0.25, 0.3) is 0 Å². The van der Waals surface area contributed by atoms with Crippen molar-refractivity contribution < 1.29 is 9.53 Å². The fourth-order valence-corrected chi connectivity index (χ4v) is 4.07. The minimum absolute atomic E-state index is 0.00636. The van der Waals surface area contributed by atoms with Gasteiger partial charge >= 0.3 is 5.97 Å². The molecule has 0 aromatic heterocycles. The first kappa shape index (κ1) is 17.2. The second kappa shape index (κ2) is 7.10. The highest BCUT2D eigenvalue weighted by atomic mass is 16.5. The molecule has 1 heterocycles. The number of piperidine rings is 1. The van der Waals surface area contributed by atoms with Crippen LogP contribution >= 0.6 is 0 Å². The predicted octanol–water partition coefficient (Wildman–Crippen LogP) is 4.00. The zero-order chi connectivity index (χ0) is 17.2. The number of benzene rings is 1. The average molecular weight is 327 g/mol. The van der Waals surface area contributed by atoms with Crippen LogP contribution < -0.4 is 0 Å². The number of methoxy groups -OCH3 is 1. The van der Waals surface area contributed by atoms with Gasteiger partial charge in [-0.3, -0.25) is 9.69 Å². The Balaban J connectivity index is 1.61. The van der Waals surface area contributed by atoms with Crippen molar-refractivity contribution in [2.75, 3.05) is 26.7 Å². The van der Waals surface area contributed by atoms with E-state index in [1.165, 1.54) is 18.2 Å². The van der Waals surface area contributed by atoms with Crippen LogP contribution in [-0.4, -0.2) is 37.6 Å². The largest absolute Gasteiger partial charge is 0.469 e. The highest BCUT2D eigenvalue weighted by molar-refractivity contribution is 5.76. The summed E-state index contributed by atoms with van der Waals surface area (Å²) in [5.74, 6) is 0.695. The molecule has 2 aliphatic rings. The maximum atomic E-state index is 11.8. The zero-order valence-corrected chi connectivity index (χ0v) is 15.1. The van der Waals surface area contributed by atoms with E-state index in [0.717, 1.165) is 38.9 Å². The Morgan fingerprint density at radius 2 is 1.96 bits per heavy atom. The van der Waals surface area contributed by atoms with Gasteiger partial charge in [-0.2, -0.15) is 0 Å². The molecule has 1 spiro atoms. The Morgan fingerprint density at radius 1 is 1.29 bits per heavy atom. The third kappa shape index (κ3) is 3.72. The standard InChI is InChI=1S/C21H29NO2/c1-16(2)13-18(17-7-5-4-6-8-17)15-22-11-9-21(10-12-22)14-19(21)20(23)24-3/h4-8,13,16,19H,9-12,14-15H2,1-3H3. The number of carbonyl (C=O) groups is 1. The maximum absolute atomic E-state index is 11.8. The summed E-state index contributed by atoms with van der Waals surface area (Å²) in [5, 5.41) is 0. The monoisotopic (exact) mass is 327 g/mol. The number of carbonyl (C=O) groups excluding carboxylic acids is 1. The van der Waals surface area contributed by atoms with Crippen molar-refractivity contribution in [3.8, 4) is 0 Å². The molecule has 3 rings (SSSR count). The molecule has 1 unspecified atom stereocenters. The molecule has 3 heteroatoms. The van der Waals surface area contributed by atoms with Crippen molar-refractivity contribution in [1.82, 2.24) is 4.90 Å². The van der Waals surface area contributed by atoms with Gasteiger partial charge in [-0.25, -0.2) is 0 Å². The number of esters is 1. The molecule has 1 saturated heterocycles. The number of rotatable bonds is 5. The van der Waals surface area contributed by atoms with Gasteiger partial charge < -0.3 is 4.74 Å². The first-order chi connectivity index (χ1) is 11.5. The van der Waals surface area contributed by atoms with Crippen molar-refractivity contribution in [2.45, 2.75) is 33.1 Å². The van der Waals surface area contributed by atoms with E-state index in [0.29, 0.717) is 5.92 Å². The summed E-state index contributed by atoms with van der Waals surface area (Å²) in [7, 11) is 1.51. The first-order valence-corrected chi connectivity index (χ1v) is 9.10. The highest BCUT2D eigenvalue weighted by Crippen LogP contribution is 2.59. The third-order valence-electron chi connectivity index (χ3n) is 5.60. The summed E-state index contributed by atoms with van der Waals surface area (Å²) in [6.07, 6.45) is 5.65. The Morgan fingerprint density at radius 3 is 2.54 bits per heavy atom. The highest BCUT2D eigenvalue weighted by Gasteiger charge is 2.59. The van der Waals surface area contributed by atoms with Gasteiger partial charge in [0.05, 0.1) is 13.0 Å². The lowest BCUT2D eigenvalue weighted by Gasteiger charge is -2.33. The number of hydrogen-bond donors (Lipinski definition) is 0. The van der Waals surface area contributed by atoms with E-state index < -0.39 is 0 Å². The molecule has 0 amide bonds. The number of allylic oxidation sites excluding steroid dienone is 1. The molecular weight excluding hydrogens is 298 g/mol. The summed E-state index contributed by atoms with van der Waals surface area (Å²) in [5.41, 5.74) is 2.99. The van der Waals surface area contributed by atoms with Gasteiger partial charge in [-0.1, -0.05) is 50.3 Å². The maximum Gasteiger partial charge on any atom is 0.309 e. The molecule has 1 saturated carbocycles. The molecular formula is C21H29NO2. The van der Waals surface area contributed by atoms with Gasteiger partial charge in [-0.05, 0) is 54.8 Å². The topological polar surface area (TPSA) is 29.5 Å². The van der Waals surface area contributed by atoms with E-state index in [1.54, 1.807) is 0 Å². The van der Waals surface area contributed by atoms with Gasteiger partial charge in [0.2, 0.25) is 0 Å². The van der Waals surface area contributed by atoms with Gasteiger partial charge in [0, 0.05) is 6.54 Å².